The molecule has 0 aliphatic heterocycles. The summed E-state index contributed by atoms with van der Waals surface area (Å²) in [6.07, 6.45) is -3.74. The van der Waals surface area contributed by atoms with E-state index >= 15 is 0 Å². The molecule has 1 unspecified atom stereocenters. The minimum Gasteiger partial charge on any atom is -0.545 e. The van der Waals surface area contributed by atoms with Gasteiger partial charge in [-0.25, -0.2) is 0 Å². The number of rotatable bonds is 10. The van der Waals surface area contributed by atoms with Crippen molar-refractivity contribution in [3.8, 4) is 5.88 Å². The number of carboxylic acids is 1. The molecule has 0 aliphatic carbocycles. The van der Waals surface area contributed by atoms with Gasteiger partial charge in [-0.1, -0.05) is 31.2 Å². The van der Waals surface area contributed by atoms with E-state index in [2.05, 4.69) is 21.0 Å². The predicted octanol–water partition coefficient (Wildman–Crippen LogP) is 3.26. The Bertz CT molecular complexity index is 943. The maximum absolute atomic E-state index is 13.6. The minimum atomic E-state index is -4.72. The lowest BCUT2D eigenvalue weighted by Gasteiger charge is -2.14. The number of methoxy groups -OCH3 is 2. The van der Waals surface area contributed by atoms with Crippen LogP contribution in [0, 0.1) is 5.92 Å². The monoisotopic (exact) mass is 505 g/mol. The Morgan fingerprint density at radius 1 is 1.32 bits per heavy atom. The molecule has 0 fully saturated rings. The first-order valence-corrected chi connectivity index (χ1v) is 9.87. The van der Waals surface area contributed by atoms with E-state index in [1.807, 2.05) is 6.92 Å². The second-order valence-corrected chi connectivity index (χ2v) is 7.46. The predicted molar refractivity (Wildman–Crippen MR) is 107 cm³/mol. The van der Waals surface area contributed by atoms with E-state index in [1.165, 1.54) is 26.4 Å². The van der Waals surface area contributed by atoms with E-state index in [0.717, 1.165) is 10.9 Å². The van der Waals surface area contributed by atoms with Gasteiger partial charge >= 0.3 is 6.18 Å². The molecule has 0 saturated carbocycles. The fourth-order valence-corrected chi connectivity index (χ4v) is 3.53. The van der Waals surface area contributed by atoms with Crippen LogP contribution in [0.25, 0.3) is 5.57 Å². The first kappa shape index (κ1) is 24.7. The molecular formula is C20H21BrF3N2O5-. The molecule has 0 amide bonds. The van der Waals surface area contributed by atoms with Gasteiger partial charge < -0.3 is 24.1 Å². The van der Waals surface area contributed by atoms with Gasteiger partial charge in [-0.15, -0.1) is 5.10 Å². The highest BCUT2D eigenvalue weighted by Crippen LogP contribution is 2.41. The van der Waals surface area contributed by atoms with Gasteiger partial charge in [0.1, 0.15) is 11.2 Å². The molecule has 0 saturated heterocycles. The molecule has 0 aliphatic rings. The highest BCUT2D eigenvalue weighted by molar-refractivity contribution is 9.10. The van der Waals surface area contributed by atoms with Gasteiger partial charge in [-0.2, -0.15) is 13.2 Å². The number of alkyl halides is 3. The molecule has 1 heterocycles. The molecule has 7 nitrogen and oxygen atoms in total. The van der Waals surface area contributed by atoms with Crippen molar-refractivity contribution in [3.05, 3.63) is 51.8 Å². The molecule has 31 heavy (non-hydrogen) atoms. The maximum atomic E-state index is 13.6. The molecule has 11 heteroatoms. The quantitative estimate of drug-likeness (QED) is 0.364. The number of ether oxygens (including phenoxy) is 3. The zero-order valence-electron chi connectivity index (χ0n) is 17.0. The average molecular weight is 506 g/mol. The fraction of sp³-hybridized carbons (Fsp3) is 0.400. The van der Waals surface area contributed by atoms with Crippen molar-refractivity contribution < 1.29 is 37.3 Å². The van der Waals surface area contributed by atoms with Gasteiger partial charge in [-0.05, 0) is 33.0 Å². The molecule has 0 N–H and O–H groups in total. The largest absolute Gasteiger partial charge is 0.545 e. The number of carbonyl (C=O) groups excluding carboxylic acids is 1. The number of carboxylic acid groups (broad SMARTS) is 1. The number of hydrogen-bond acceptors (Lipinski definition) is 6. The van der Waals surface area contributed by atoms with Crippen molar-refractivity contribution in [2.75, 3.05) is 20.8 Å². The first-order chi connectivity index (χ1) is 14.6. The smallest absolute Gasteiger partial charge is 0.424 e. The van der Waals surface area contributed by atoms with Crippen LogP contribution in [0.1, 0.15) is 23.6 Å². The molecule has 2 rings (SSSR count). The van der Waals surface area contributed by atoms with Crippen LogP contribution >= 0.6 is 15.9 Å². The van der Waals surface area contributed by atoms with Crippen molar-refractivity contribution in [3.63, 3.8) is 0 Å². The Morgan fingerprint density at radius 3 is 2.58 bits per heavy atom. The summed E-state index contributed by atoms with van der Waals surface area (Å²) in [6.45, 7) is 1.97. The van der Waals surface area contributed by atoms with Crippen LogP contribution in [0.3, 0.4) is 0 Å². The molecule has 0 spiro atoms. The van der Waals surface area contributed by atoms with Crippen LogP contribution in [-0.4, -0.2) is 36.6 Å². The van der Waals surface area contributed by atoms with Gasteiger partial charge in [0.25, 0.3) is 0 Å². The van der Waals surface area contributed by atoms with Crippen LogP contribution in [0.5, 0.6) is 5.88 Å². The molecule has 0 radical (unpaired) electrons. The fourth-order valence-electron chi connectivity index (χ4n) is 2.91. The van der Waals surface area contributed by atoms with Gasteiger partial charge in [0, 0.05) is 19.2 Å². The van der Waals surface area contributed by atoms with E-state index < -0.39 is 23.6 Å². The topological polar surface area (TPSA) is 85.6 Å². The molecule has 2 aromatic rings. The zero-order chi connectivity index (χ0) is 23.2. The molecule has 1 aromatic heterocycles. The van der Waals surface area contributed by atoms with Crippen molar-refractivity contribution in [2.24, 2.45) is 5.92 Å². The van der Waals surface area contributed by atoms with Crippen molar-refractivity contribution in [1.29, 1.82) is 0 Å². The third-order valence-electron chi connectivity index (χ3n) is 4.21. The number of carbonyl (C=O) groups is 1. The summed E-state index contributed by atoms with van der Waals surface area (Å²) in [5, 5.41) is 15.4. The van der Waals surface area contributed by atoms with Gasteiger partial charge in [-0.3, -0.25) is 4.68 Å². The second kappa shape index (κ2) is 10.7. The SMILES string of the molecule is CO/C=C(/C(=O)[O-])c1ccccc1COc1nn(CC(C)COC)c(Br)c1C(F)(F)F. The van der Waals surface area contributed by atoms with Crippen molar-refractivity contribution in [2.45, 2.75) is 26.3 Å². The summed E-state index contributed by atoms with van der Waals surface area (Å²) >= 11 is 2.97. The lowest BCUT2D eigenvalue weighted by atomic mass is 10.0. The van der Waals surface area contributed by atoms with E-state index in [0.29, 0.717) is 12.2 Å². The summed E-state index contributed by atoms with van der Waals surface area (Å²) in [7, 11) is 2.77. The number of aliphatic carboxylic acids is 1. The highest BCUT2D eigenvalue weighted by Gasteiger charge is 2.41. The Balaban J connectivity index is 2.38. The summed E-state index contributed by atoms with van der Waals surface area (Å²) < 4.78 is 57.0. The van der Waals surface area contributed by atoms with Gasteiger partial charge in [0.05, 0.1) is 25.9 Å². The van der Waals surface area contributed by atoms with Crippen molar-refractivity contribution in [1.82, 2.24) is 9.78 Å². The number of aromatic nitrogens is 2. The minimum absolute atomic E-state index is 0.0966. The summed E-state index contributed by atoms with van der Waals surface area (Å²) in [4.78, 5) is 11.4. The molecule has 170 valence electrons. The third-order valence-corrected chi connectivity index (χ3v) is 5.01. The summed E-state index contributed by atoms with van der Waals surface area (Å²) in [6, 6.07) is 6.19. The number of hydrogen-bond donors (Lipinski definition) is 0. The molecular weight excluding hydrogens is 485 g/mol. The Kier molecular flexibility index (Phi) is 8.52. The summed E-state index contributed by atoms with van der Waals surface area (Å²) in [5.41, 5.74) is -0.799. The van der Waals surface area contributed by atoms with Gasteiger partial charge in [0.15, 0.2) is 5.56 Å². The van der Waals surface area contributed by atoms with Gasteiger partial charge in [0.2, 0.25) is 5.88 Å². The normalized spacial score (nSPS) is 13.2. The van der Waals surface area contributed by atoms with Crippen LogP contribution in [0.4, 0.5) is 13.2 Å². The highest BCUT2D eigenvalue weighted by atomic mass is 79.9. The van der Waals surface area contributed by atoms with E-state index in [-0.39, 0.29) is 34.8 Å². The number of nitrogens with zero attached hydrogens (tertiary/aromatic N) is 2. The Labute approximate surface area is 185 Å². The standard InChI is InChI=1S/C20H22BrF3N2O5/c1-12(9-29-2)8-26-17(21)16(20(22,23)24)18(25-26)31-10-13-6-4-5-7-14(13)15(11-30-3)19(27)28/h4-7,11-12H,8-10H2,1-3H3,(H,27,28)/p-1/b15-11+. The van der Waals surface area contributed by atoms with E-state index in [4.69, 9.17) is 14.2 Å². The van der Waals surface area contributed by atoms with Crippen LogP contribution < -0.4 is 9.84 Å². The Morgan fingerprint density at radius 2 is 2.00 bits per heavy atom. The lowest BCUT2D eigenvalue weighted by molar-refractivity contribution is -0.295. The first-order valence-electron chi connectivity index (χ1n) is 9.07. The van der Waals surface area contributed by atoms with Crippen LogP contribution in [-0.2, 0) is 33.6 Å². The molecule has 0 bridgehead atoms. The summed E-state index contributed by atoms with van der Waals surface area (Å²) in [5.74, 6) is -2.21. The van der Waals surface area contributed by atoms with Crippen LogP contribution in [0.15, 0.2) is 35.1 Å². The maximum Gasteiger partial charge on any atom is 0.424 e. The van der Waals surface area contributed by atoms with Crippen LogP contribution in [0.2, 0.25) is 0 Å². The average Bonchev–Trinajstić information content (AvgIpc) is 3.00. The number of benzene rings is 1. The second-order valence-electron chi connectivity index (χ2n) is 6.71. The van der Waals surface area contributed by atoms with Crippen molar-refractivity contribution >= 4 is 27.5 Å². The lowest BCUT2D eigenvalue weighted by Crippen LogP contribution is -2.24. The Hall–Kier alpha value is -2.53. The van der Waals surface area contributed by atoms with E-state index in [9.17, 15) is 23.1 Å². The number of halogens is 4. The zero-order valence-corrected chi connectivity index (χ0v) is 18.6. The van der Waals surface area contributed by atoms with E-state index in [1.54, 1.807) is 12.1 Å². The molecule has 1 atom stereocenters. The molecule has 1 aromatic carbocycles. The third kappa shape index (κ3) is 6.23.